The molecule has 1 aromatic heterocycles. The van der Waals surface area contributed by atoms with E-state index >= 15 is 0 Å². The maximum atomic E-state index is 12.5. The van der Waals surface area contributed by atoms with Gasteiger partial charge in [0.15, 0.2) is 11.5 Å². The number of rotatable bonds is 9. The average molecular weight is 480 g/mol. The van der Waals surface area contributed by atoms with Crippen LogP contribution in [0.25, 0.3) is 0 Å². The van der Waals surface area contributed by atoms with Crippen molar-refractivity contribution in [3.63, 3.8) is 0 Å². The van der Waals surface area contributed by atoms with Crippen LogP contribution in [-0.4, -0.2) is 33.0 Å². The molecule has 0 fully saturated rings. The monoisotopic (exact) mass is 479 g/mol. The van der Waals surface area contributed by atoms with E-state index in [4.69, 9.17) is 15.2 Å². The molecule has 1 amide bonds. The van der Waals surface area contributed by atoms with Crippen molar-refractivity contribution in [2.75, 3.05) is 17.7 Å². The highest BCUT2D eigenvalue weighted by atomic mass is 32.2. The lowest BCUT2D eigenvalue weighted by molar-refractivity contribution is -0.115. The molecular weight excluding hydrogens is 450 g/mol. The van der Waals surface area contributed by atoms with Crippen LogP contribution in [-0.2, 0) is 11.4 Å². The second-order valence-corrected chi connectivity index (χ2v) is 9.17. The second kappa shape index (κ2) is 10.2. The lowest BCUT2D eigenvalue weighted by Gasteiger charge is -2.28. The van der Waals surface area contributed by atoms with Crippen molar-refractivity contribution in [1.82, 2.24) is 14.8 Å². The summed E-state index contributed by atoms with van der Waals surface area (Å²) in [7, 11) is 0. The zero-order chi connectivity index (χ0) is 24.2. The van der Waals surface area contributed by atoms with Crippen molar-refractivity contribution in [3.8, 4) is 11.5 Å². The van der Waals surface area contributed by atoms with E-state index in [2.05, 4.69) is 34.5 Å². The van der Waals surface area contributed by atoms with Gasteiger partial charge in [-0.1, -0.05) is 54.6 Å². The molecule has 8 nitrogen and oxygen atoms in total. The molecule has 2 heterocycles. The summed E-state index contributed by atoms with van der Waals surface area (Å²) in [5.74, 6) is 2.12. The van der Waals surface area contributed by atoms with Crippen molar-refractivity contribution in [3.05, 3.63) is 70.4 Å². The molecule has 1 unspecified atom stereocenters. The Bertz CT molecular complexity index is 1240. The number of ether oxygens (including phenoxy) is 2. The SMILES string of the molecule is CCOc1cc(C2C(C(N)=O)=C(C)Nc3nc(SCC)nn32)ccc1OCc1cccc(C)c1. The molecule has 0 saturated carbocycles. The number of fused-ring (bicyclic) bond motifs is 1. The Balaban J connectivity index is 1.72. The molecular formula is C25H29N5O3S. The maximum absolute atomic E-state index is 12.5. The van der Waals surface area contributed by atoms with Gasteiger partial charge in [0, 0.05) is 5.70 Å². The van der Waals surface area contributed by atoms with Gasteiger partial charge in [-0.25, -0.2) is 4.68 Å². The Labute approximate surface area is 203 Å². The van der Waals surface area contributed by atoms with Gasteiger partial charge in [0.25, 0.3) is 0 Å². The summed E-state index contributed by atoms with van der Waals surface area (Å²) in [5, 5.41) is 8.44. The van der Waals surface area contributed by atoms with Gasteiger partial charge in [0.2, 0.25) is 17.0 Å². The molecule has 4 rings (SSSR count). The number of aromatic nitrogens is 3. The van der Waals surface area contributed by atoms with E-state index in [1.807, 2.05) is 51.1 Å². The van der Waals surface area contributed by atoms with Gasteiger partial charge in [-0.15, -0.1) is 5.10 Å². The number of carbonyl (C=O) groups is 1. The third-order valence-electron chi connectivity index (χ3n) is 5.43. The number of thioether (sulfide) groups is 1. The number of hydrogen-bond donors (Lipinski definition) is 2. The molecule has 1 aliphatic rings. The van der Waals surface area contributed by atoms with Crippen molar-refractivity contribution >= 4 is 23.6 Å². The topological polar surface area (TPSA) is 104 Å². The summed E-state index contributed by atoms with van der Waals surface area (Å²) < 4.78 is 13.7. The number of nitrogens with one attached hydrogen (secondary N) is 1. The molecule has 3 aromatic rings. The molecule has 178 valence electrons. The molecule has 0 saturated heterocycles. The van der Waals surface area contributed by atoms with Crippen LogP contribution >= 0.6 is 11.8 Å². The first-order chi connectivity index (χ1) is 16.4. The van der Waals surface area contributed by atoms with Gasteiger partial charge in [-0.2, -0.15) is 4.98 Å². The van der Waals surface area contributed by atoms with Crippen LogP contribution < -0.4 is 20.5 Å². The third-order valence-corrected chi connectivity index (χ3v) is 6.15. The van der Waals surface area contributed by atoms with Crippen LogP contribution in [0.3, 0.4) is 0 Å². The number of anilines is 1. The van der Waals surface area contributed by atoms with Crippen molar-refractivity contribution in [2.24, 2.45) is 5.73 Å². The number of allylic oxidation sites excluding steroid dienone is 1. The molecule has 3 N–H and O–H groups in total. The van der Waals surface area contributed by atoms with Crippen LogP contribution in [0.1, 0.15) is 43.5 Å². The normalized spacial score (nSPS) is 15.0. The van der Waals surface area contributed by atoms with Gasteiger partial charge in [0.05, 0.1) is 12.2 Å². The smallest absolute Gasteiger partial charge is 0.248 e. The van der Waals surface area contributed by atoms with Crippen LogP contribution in [0.15, 0.2) is 58.9 Å². The van der Waals surface area contributed by atoms with Gasteiger partial charge in [0.1, 0.15) is 12.6 Å². The number of primary amides is 1. The summed E-state index contributed by atoms with van der Waals surface area (Å²) in [6.07, 6.45) is 0. The van der Waals surface area contributed by atoms with Crippen LogP contribution in [0.2, 0.25) is 0 Å². The fraction of sp³-hybridized carbons (Fsp3) is 0.320. The van der Waals surface area contributed by atoms with Gasteiger partial charge in [-0.05, 0) is 49.8 Å². The Morgan fingerprint density at radius 2 is 1.97 bits per heavy atom. The number of aryl methyl sites for hydroxylation is 1. The first-order valence-electron chi connectivity index (χ1n) is 11.2. The number of nitrogens with two attached hydrogens (primary N) is 1. The first-order valence-corrected chi connectivity index (χ1v) is 12.2. The molecule has 2 aromatic carbocycles. The molecule has 0 bridgehead atoms. The molecule has 34 heavy (non-hydrogen) atoms. The average Bonchev–Trinajstić information content (AvgIpc) is 3.19. The predicted molar refractivity (Wildman–Crippen MR) is 133 cm³/mol. The lowest BCUT2D eigenvalue weighted by Crippen LogP contribution is -2.31. The highest BCUT2D eigenvalue weighted by molar-refractivity contribution is 7.99. The Kier molecular flexibility index (Phi) is 7.12. The van der Waals surface area contributed by atoms with Crippen molar-refractivity contribution < 1.29 is 14.3 Å². The zero-order valence-corrected chi connectivity index (χ0v) is 20.6. The zero-order valence-electron chi connectivity index (χ0n) is 19.8. The minimum Gasteiger partial charge on any atom is -0.490 e. The molecule has 0 aliphatic carbocycles. The number of amides is 1. The van der Waals surface area contributed by atoms with Crippen molar-refractivity contribution in [1.29, 1.82) is 0 Å². The summed E-state index contributed by atoms with van der Waals surface area (Å²) in [6, 6.07) is 13.3. The number of carbonyl (C=O) groups excluding carboxylic acids is 1. The highest BCUT2D eigenvalue weighted by Crippen LogP contribution is 2.39. The second-order valence-electron chi connectivity index (χ2n) is 7.94. The molecule has 0 spiro atoms. The molecule has 1 atom stereocenters. The summed E-state index contributed by atoms with van der Waals surface area (Å²) in [4.78, 5) is 17.0. The molecule has 1 aliphatic heterocycles. The summed E-state index contributed by atoms with van der Waals surface area (Å²) in [5.41, 5.74) is 9.95. The van der Waals surface area contributed by atoms with E-state index in [-0.39, 0.29) is 0 Å². The van der Waals surface area contributed by atoms with E-state index < -0.39 is 11.9 Å². The van der Waals surface area contributed by atoms with Gasteiger partial charge < -0.3 is 20.5 Å². The fourth-order valence-corrected chi connectivity index (χ4v) is 4.55. The van der Waals surface area contributed by atoms with Crippen LogP contribution in [0.4, 0.5) is 5.95 Å². The minimum atomic E-state index is -0.530. The standard InChI is InChI=1S/C25H29N5O3S/c1-5-32-20-13-18(10-11-19(20)33-14-17-9-7-8-15(3)12-17)22-21(23(26)31)16(4)27-24-28-25(34-6-2)29-30(22)24/h7-13,22H,5-6,14H2,1-4H3,(H2,26,31)(H,27,28,29). The summed E-state index contributed by atoms with van der Waals surface area (Å²) >= 11 is 1.53. The predicted octanol–water partition coefficient (Wildman–Crippen LogP) is 4.45. The number of hydrogen-bond acceptors (Lipinski definition) is 7. The minimum absolute atomic E-state index is 0.421. The Hall–Kier alpha value is -3.46. The van der Waals surface area contributed by atoms with E-state index in [9.17, 15) is 4.79 Å². The highest BCUT2D eigenvalue weighted by Gasteiger charge is 2.33. The number of benzene rings is 2. The van der Waals surface area contributed by atoms with Crippen LogP contribution in [0.5, 0.6) is 11.5 Å². The molecule has 9 heteroatoms. The largest absolute Gasteiger partial charge is 0.490 e. The maximum Gasteiger partial charge on any atom is 0.248 e. The van der Waals surface area contributed by atoms with Gasteiger partial charge >= 0.3 is 0 Å². The Morgan fingerprint density at radius 1 is 1.15 bits per heavy atom. The van der Waals surface area contributed by atoms with Crippen molar-refractivity contribution in [2.45, 2.75) is 45.5 Å². The van der Waals surface area contributed by atoms with E-state index in [0.717, 1.165) is 16.9 Å². The summed E-state index contributed by atoms with van der Waals surface area (Å²) in [6.45, 7) is 8.73. The van der Waals surface area contributed by atoms with Gasteiger partial charge in [-0.3, -0.25) is 4.79 Å². The van der Waals surface area contributed by atoms with E-state index in [1.165, 1.54) is 17.3 Å². The molecule has 0 radical (unpaired) electrons. The quantitative estimate of drug-likeness (QED) is 0.437. The van der Waals surface area contributed by atoms with Crippen LogP contribution in [0, 0.1) is 6.92 Å². The van der Waals surface area contributed by atoms with E-state index in [1.54, 1.807) is 4.68 Å². The number of nitrogens with zero attached hydrogens (tertiary/aromatic N) is 3. The first kappa shape index (κ1) is 23.7. The Morgan fingerprint density at radius 3 is 2.68 bits per heavy atom. The third kappa shape index (κ3) is 4.89. The lowest BCUT2D eigenvalue weighted by atomic mass is 9.95. The fourth-order valence-electron chi connectivity index (χ4n) is 3.99. The van der Waals surface area contributed by atoms with E-state index in [0.29, 0.717) is 47.1 Å².